The molecular weight excluding hydrogens is 418 g/mol. The lowest BCUT2D eigenvalue weighted by Gasteiger charge is -2.11. The molecule has 0 unspecified atom stereocenters. The van der Waals surface area contributed by atoms with Crippen LogP contribution in [0.5, 0.6) is 0 Å². The maximum atomic E-state index is 12.9. The van der Waals surface area contributed by atoms with Gasteiger partial charge in [-0.3, -0.25) is 18.6 Å². The number of thiophene rings is 1. The van der Waals surface area contributed by atoms with Gasteiger partial charge in [0.05, 0.1) is 11.3 Å². The molecule has 4 rings (SSSR count). The van der Waals surface area contributed by atoms with E-state index in [1.54, 1.807) is 4.57 Å². The number of carbonyl (C=O) groups excluding carboxylic acids is 1. The summed E-state index contributed by atoms with van der Waals surface area (Å²) in [5.41, 5.74) is 3.73. The molecule has 30 heavy (non-hydrogen) atoms. The zero-order valence-corrected chi connectivity index (χ0v) is 18.9. The molecule has 3 heterocycles. The van der Waals surface area contributed by atoms with Crippen molar-refractivity contribution in [2.75, 3.05) is 11.1 Å². The van der Waals surface area contributed by atoms with Gasteiger partial charge >= 0.3 is 0 Å². The van der Waals surface area contributed by atoms with Crippen molar-refractivity contribution in [1.29, 1.82) is 0 Å². The Hall–Kier alpha value is -2.65. The van der Waals surface area contributed by atoms with E-state index in [-0.39, 0.29) is 17.2 Å². The van der Waals surface area contributed by atoms with Gasteiger partial charge in [-0.25, -0.2) is 0 Å². The van der Waals surface area contributed by atoms with Gasteiger partial charge in [-0.2, -0.15) is 0 Å². The Morgan fingerprint density at radius 3 is 2.77 bits per heavy atom. The van der Waals surface area contributed by atoms with E-state index >= 15 is 0 Å². The van der Waals surface area contributed by atoms with Crippen molar-refractivity contribution in [2.24, 2.45) is 5.92 Å². The number of benzene rings is 1. The van der Waals surface area contributed by atoms with Crippen LogP contribution >= 0.6 is 23.1 Å². The van der Waals surface area contributed by atoms with Crippen LogP contribution in [-0.4, -0.2) is 30.8 Å². The first-order valence-corrected chi connectivity index (χ1v) is 11.6. The topological polar surface area (TPSA) is 81.3 Å². The first-order valence-electron chi connectivity index (χ1n) is 9.70. The van der Waals surface area contributed by atoms with Crippen LogP contribution < -0.4 is 10.9 Å². The Morgan fingerprint density at radius 2 is 2.03 bits per heavy atom. The van der Waals surface area contributed by atoms with Crippen molar-refractivity contribution < 1.29 is 4.79 Å². The van der Waals surface area contributed by atoms with Crippen LogP contribution in [0.4, 0.5) is 5.69 Å². The lowest BCUT2D eigenvalue weighted by atomic mass is 10.1. The second-order valence-corrected chi connectivity index (χ2v) is 9.58. The van der Waals surface area contributed by atoms with Crippen LogP contribution in [0.3, 0.4) is 0 Å². The standard InChI is InChI=1S/C21H23N5O2S2/c1-12(2)10-25-19(28)18-16(7-8-29-18)26-20(25)23-24-21(26)30-11-17(27)22-15-6-5-13(3)9-14(15)4/h5-9,12H,10-11H2,1-4H3,(H,22,27). The molecule has 0 saturated heterocycles. The highest BCUT2D eigenvalue weighted by Crippen LogP contribution is 2.25. The number of aromatic nitrogens is 4. The number of thioether (sulfide) groups is 1. The average molecular weight is 442 g/mol. The number of anilines is 1. The third-order valence-corrected chi connectivity index (χ3v) is 6.54. The summed E-state index contributed by atoms with van der Waals surface area (Å²) in [6.07, 6.45) is 0. The van der Waals surface area contributed by atoms with E-state index in [0.717, 1.165) is 22.3 Å². The number of amides is 1. The van der Waals surface area contributed by atoms with Crippen molar-refractivity contribution >= 4 is 50.7 Å². The number of rotatable bonds is 6. The maximum absolute atomic E-state index is 12.9. The number of aryl methyl sites for hydroxylation is 2. The molecule has 0 saturated carbocycles. The van der Waals surface area contributed by atoms with E-state index in [9.17, 15) is 9.59 Å². The molecule has 9 heteroatoms. The fourth-order valence-corrected chi connectivity index (χ4v) is 4.96. The van der Waals surface area contributed by atoms with Crippen LogP contribution in [0.25, 0.3) is 16.0 Å². The molecule has 0 radical (unpaired) electrons. The van der Waals surface area contributed by atoms with Crippen LogP contribution in [0.15, 0.2) is 39.6 Å². The first kappa shape index (κ1) is 20.6. The number of carbonyl (C=O) groups is 1. The Kier molecular flexibility index (Phi) is 5.66. The monoisotopic (exact) mass is 441 g/mol. The SMILES string of the molecule is Cc1ccc(NC(=O)CSc2nnc3n(CC(C)C)c(=O)c4sccc4n23)c(C)c1. The van der Waals surface area contributed by atoms with E-state index in [0.29, 0.717) is 28.1 Å². The third-order valence-electron chi connectivity index (χ3n) is 4.72. The summed E-state index contributed by atoms with van der Waals surface area (Å²) in [7, 11) is 0. The van der Waals surface area contributed by atoms with Crippen molar-refractivity contribution in [2.45, 2.75) is 39.4 Å². The highest BCUT2D eigenvalue weighted by Gasteiger charge is 2.19. The molecule has 0 spiro atoms. The van der Waals surface area contributed by atoms with E-state index in [1.165, 1.54) is 23.1 Å². The molecule has 0 aliphatic heterocycles. The van der Waals surface area contributed by atoms with Gasteiger partial charge in [-0.15, -0.1) is 21.5 Å². The van der Waals surface area contributed by atoms with Crippen molar-refractivity contribution in [3.05, 3.63) is 51.1 Å². The zero-order chi connectivity index (χ0) is 21.4. The Bertz CT molecular complexity index is 1300. The van der Waals surface area contributed by atoms with Crippen LogP contribution in [0.1, 0.15) is 25.0 Å². The van der Waals surface area contributed by atoms with E-state index in [1.807, 2.05) is 47.9 Å². The molecule has 1 aromatic carbocycles. The average Bonchev–Trinajstić information content (AvgIpc) is 3.32. The summed E-state index contributed by atoms with van der Waals surface area (Å²) < 4.78 is 4.23. The zero-order valence-electron chi connectivity index (χ0n) is 17.3. The molecule has 3 aromatic heterocycles. The largest absolute Gasteiger partial charge is 0.325 e. The van der Waals surface area contributed by atoms with Crippen LogP contribution in [0.2, 0.25) is 0 Å². The Morgan fingerprint density at radius 1 is 1.23 bits per heavy atom. The summed E-state index contributed by atoms with van der Waals surface area (Å²) in [5, 5.41) is 14.0. The second-order valence-electron chi connectivity index (χ2n) is 7.72. The summed E-state index contributed by atoms with van der Waals surface area (Å²) in [4.78, 5) is 25.4. The van der Waals surface area contributed by atoms with Crippen molar-refractivity contribution in [3.63, 3.8) is 0 Å². The lowest BCUT2D eigenvalue weighted by molar-refractivity contribution is -0.113. The molecule has 7 nitrogen and oxygen atoms in total. The molecule has 1 amide bonds. The minimum absolute atomic E-state index is 0.0438. The molecule has 0 atom stereocenters. The predicted molar refractivity (Wildman–Crippen MR) is 123 cm³/mol. The smallest absolute Gasteiger partial charge is 0.272 e. The molecule has 156 valence electrons. The van der Waals surface area contributed by atoms with E-state index in [2.05, 4.69) is 29.4 Å². The number of hydrogen-bond donors (Lipinski definition) is 1. The Balaban J connectivity index is 1.63. The Labute approximate surface area is 182 Å². The van der Waals surface area contributed by atoms with Gasteiger partial charge in [0.1, 0.15) is 4.70 Å². The van der Waals surface area contributed by atoms with Gasteiger partial charge in [0.2, 0.25) is 11.7 Å². The van der Waals surface area contributed by atoms with Gasteiger partial charge in [0.25, 0.3) is 5.56 Å². The molecular formula is C21H23N5O2S2. The number of hydrogen-bond acceptors (Lipinski definition) is 6. The summed E-state index contributed by atoms with van der Waals surface area (Å²) >= 11 is 2.72. The minimum Gasteiger partial charge on any atom is -0.325 e. The minimum atomic E-state index is -0.110. The van der Waals surface area contributed by atoms with E-state index < -0.39 is 0 Å². The number of nitrogens with zero attached hydrogens (tertiary/aromatic N) is 4. The van der Waals surface area contributed by atoms with E-state index in [4.69, 9.17) is 0 Å². The first-order chi connectivity index (χ1) is 14.3. The predicted octanol–water partition coefficient (Wildman–Crippen LogP) is 4.11. The summed E-state index contributed by atoms with van der Waals surface area (Å²) in [6, 6.07) is 7.83. The molecule has 0 aliphatic rings. The van der Waals surface area contributed by atoms with Crippen molar-refractivity contribution in [1.82, 2.24) is 19.2 Å². The van der Waals surface area contributed by atoms with Gasteiger partial charge in [-0.05, 0) is 42.8 Å². The summed E-state index contributed by atoms with van der Waals surface area (Å²) in [6.45, 7) is 8.68. The maximum Gasteiger partial charge on any atom is 0.272 e. The summed E-state index contributed by atoms with van der Waals surface area (Å²) in [5.74, 6) is 0.890. The number of nitrogens with one attached hydrogen (secondary N) is 1. The van der Waals surface area contributed by atoms with Crippen molar-refractivity contribution in [3.8, 4) is 0 Å². The second kappa shape index (κ2) is 8.23. The van der Waals surface area contributed by atoms with Gasteiger partial charge in [-0.1, -0.05) is 43.3 Å². The normalized spacial score (nSPS) is 11.6. The molecule has 4 aromatic rings. The molecule has 0 bridgehead atoms. The van der Waals surface area contributed by atoms with Gasteiger partial charge < -0.3 is 5.32 Å². The van der Waals surface area contributed by atoms with Crippen LogP contribution in [0, 0.1) is 19.8 Å². The molecule has 0 aliphatic carbocycles. The quantitative estimate of drug-likeness (QED) is 0.456. The lowest BCUT2D eigenvalue weighted by Crippen LogP contribution is -2.24. The molecule has 1 N–H and O–H groups in total. The highest BCUT2D eigenvalue weighted by atomic mass is 32.2. The third kappa shape index (κ3) is 3.87. The fraction of sp³-hybridized carbons (Fsp3) is 0.333. The van der Waals surface area contributed by atoms with Gasteiger partial charge in [0, 0.05) is 12.2 Å². The fourth-order valence-electron chi connectivity index (χ4n) is 3.39. The highest BCUT2D eigenvalue weighted by molar-refractivity contribution is 7.99. The van der Waals surface area contributed by atoms with Crippen LogP contribution in [-0.2, 0) is 11.3 Å². The molecule has 0 fully saturated rings. The number of fused-ring (bicyclic) bond motifs is 3. The van der Waals surface area contributed by atoms with Gasteiger partial charge in [0.15, 0.2) is 5.16 Å².